The molecule has 0 fully saturated rings. The van der Waals surface area contributed by atoms with Crippen molar-refractivity contribution in [2.75, 3.05) is 0 Å². The Labute approximate surface area is 119 Å². The highest BCUT2D eigenvalue weighted by Crippen LogP contribution is 2.29. The quantitative estimate of drug-likeness (QED) is 0.680. The van der Waals surface area contributed by atoms with Gasteiger partial charge in [0.05, 0.1) is 17.5 Å². The summed E-state index contributed by atoms with van der Waals surface area (Å²) in [5.74, 6) is 2.74. The predicted octanol–water partition coefficient (Wildman–Crippen LogP) is 3.54. The molecule has 3 heterocycles. The average molecular weight is 291 g/mol. The number of aromatic nitrogens is 3. The molecule has 0 aliphatic heterocycles. The van der Waals surface area contributed by atoms with Gasteiger partial charge in [-0.1, -0.05) is 16.9 Å². The minimum Gasteiger partial charge on any atom is -0.469 e. The molecule has 20 heavy (non-hydrogen) atoms. The number of aryl methyl sites for hydroxylation is 3. The monoisotopic (exact) mass is 291 g/mol. The van der Waals surface area contributed by atoms with Crippen molar-refractivity contribution < 1.29 is 13.4 Å². The molecular weight excluding hydrogens is 278 g/mol. The van der Waals surface area contributed by atoms with Crippen molar-refractivity contribution in [2.24, 2.45) is 0 Å². The van der Waals surface area contributed by atoms with Crippen LogP contribution in [0.2, 0.25) is 0 Å². The number of hydrogen-bond donors (Lipinski definition) is 0. The minimum atomic E-state index is 0.470. The van der Waals surface area contributed by atoms with E-state index in [4.69, 9.17) is 13.4 Å². The van der Waals surface area contributed by atoms with Gasteiger partial charge in [0.2, 0.25) is 0 Å². The summed E-state index contributed by atoms with van der Waals surface area (Å²) in [6.45, 7) is 5.67. The van der Waals surface area contributed by atoms with Crippen LogP contribution in [-0.2, 0) is 5.75 Å². The van der Waals surface area contributed by atoms with Crippen LogP contribution in [0.4, 0.5) is 0 Å². The smallest absolute Gasteiger partial charge is 0.277 e. The maximum atomic E-state index is 5.62. The van der Waals surface area contributed by atoms with Crippen LogP contribution in [-0.4, -0.2) is 15.4 Å². The molecule has 3 aromatic rings. The number of thioether (sulfide) groups is 1. The predicted molar refractivity (Wildman–Crippen MR) is 72.3 cm³/mol. The lowest BCUT2D eigenvalue weighted by molar-refractivity contribution is 0.392. The van der Waals surface area contributed by atoms with Gasteiger partial charge in [0.25, 0.3) is 11.1 Å². The Morgan fingerprint density at radius 1 is 1.15 bits per heavy atom. The molecule has 7 heteroatoms. The van der Waals surface area contributed by atoms with Gasteiger partial charge in [-0.3, -0.25) is 0 Å². The zero-order valence-electron chi connectivity index (χ0n) is 11.3. The SMILES string of the molecule is Cc1noc(C)c1CSc1nnc(-c2ccoc2C)o1. The van der Waals surface area contributed by atoms with Crippen molar-refractivity contribution in [2.45, 2.75) is 31.7 Å². The summed E-state index contributed by atoms with van der Waals surface area (Å²) >= 11 is 1.46. The molecule has 0 aliphatic rings. The molecule has 0 saturated carbocycles. The highest BCUT2D eigenvalue weighted by Gasteiger charge is 2.15. The fourth-order valence-corrected chi connectivity index (χ4v) is 2.74. The number of furan rings is 1. The summed E-state index contributed by atoms with van der Waals surface area (Å²) in [5, 5.41) is 12.5. The van der Waals surface area contributed by atoms with Gasteiger partial charge in [0.15, 0.2) is 0 Å². The van der Waals surface area contributed by atoms with E-state index in [0.29, 0.717) is 16.9 Å². The highest BCUT2D eigenvalue weighted by molar-refractivity contribution is 7.98. The Balaban J connectivity index is 1.74. The molecule has 0 radical (unpaired) electrons. The molecule has 6 nitrogen and oxygen atoms in total. The van der Waals surface area contributed by atoms with Crippen molar-refractivity contribution in [3.8, 4) is 11.5 Å². The Morgan fingerprint density at radius 3 is 2.65 bits per heavy atom. The van der Waals surface area contributed by atoms with Gasteiger partial charge in [-0.2, -0.15) is 0 Å². The summed E-state index contributed by atoms with van der Waals surface area (Å²) in [6, 6.07) is 1.81. The molecule has 0 amide bonds. The topological polar surface area (TPSA) is 78.1 Å². The summed E-state index contributed by atoms with van der Waals surface area (Å²) in [6.07, 6.45) is 1.60. The van der Waals surface area contributed by atoms with Crippen molar-refractivity contribution in [3.05, 3.63) is 35.1 Å². The molecule has 3 rings (SSSR count). The fraction of sp³-hybridized carbons (Fsp3) is 0.308. The minimum absolute atomic E-state index is 0.470. The first-order valence-electron chi connectivity index (χ1n) is 6.07. The molecule has 0 aliphatic carbocycles. The maximum absolute atomic E-state index is 5.62. The fourth-order valence-electron chi connectivity index (χ4n) is 1.83. The van der Waals surface area contributed by atoms with E-state index in [2.05, 4.69) is 15.4 Å². The lowest BCUT2D eigenvalue weighted by Gasteiger charge is -1.95. The average Bonchev–Trinajstić information content (AvgIpc) is 3.10. The van der Waals surface area contributed by atoms with E-state index in [1.165, 1.54) is 11.8 Å². The Bertz CT molecular complexity index is 709. The van der Waals surface area contributed by atoms with Crippen LogP contribution in [0.1, 0.15) is 22.8 Å². The van der Waals surface area contributed by atoms with Crippen LogP contribution in [0.25, 0.3) is 11.5 Å². The highest BCUT2D eigenvalue weighted by atomic mass is 32.2. The molecule has 104 valence electrons. The van der Waals surface area contributed by atoms with Gasteiger partial charge in [0, 0.05) is 11.3 Å². The molecule has 0 N–H and O–H groups in total. The third-order valence-corrected chi connectivity index (χ3v) is 3.86. The Hall–Kier alpha value is -2.02. The van der Waals surface area contributed by atoms with Gasteiger partial charge in [-0.05, 0) is 26.8 Å². The van der Waals surface area contributed by atoms with Gasteiger partial charge >= 0.3 is 0 Å². The molecule has 0 saturated heterocycles. The van der Waals surface area contributed by atoms with E-state index < -0.39 is 0 Å². The first-order valence-corrected chi connectivity index (χ1v) is 7.06. The van der Waals surface area contributed by atoms with E-state index in [1.807, 2.05) is 26.8 Å². The number of rotatable bonds is 4. The first-order chi connectivity index (χ1) is 9.65. The van der Waals surface area contributed by atoms with Crippen LogP contribution in [0.3, 0.4) is 0 Å². The molecular formula is C13H13N3O3S. The first kappa shape index (κ1) is 13.0. The van der Waals surface area contributed by atoms with Crippen LogP contribution in [0.5, 0.6) is 0 Å². The van der Waals surface area contributed by atoms with Crippen LogP contribution in [0, 0.1) is 20.8 Å². The van der Waals surface area contributed by atoms with E-state index in [0.717, 1.165) is 28.3 Å². The lowest BCUT2D eigenvalue weighted by atomic mass is 10.2. The van der Waals surface area contributed by atoms with E-state index in [1.54, 1.807) is 6.26 Å². The van der Waals surface area contributed by atoms with Crippen molar-refractivity contribution in [3.63, 3.8) is 0 Å². The van der Waals surface area contributed by atoms with E-state index in [-0.39, 0.29) is 0 Å². The molecule has 3 aromatic heterocycles. The zero-order valence-corrected chi connectivity index (χ0v) is 12.2. The van der Waals surface area contributed by atoms with Gasteiger partial charge in [-0.25, -0.2) is 0 Å². The van der Waals surface area contributed by atoms with Crippen LogP contribution >= 0.6 is 11.8 Å². The number of nitrogens with zero attached hydrogens (tertiary/aromatic N) is 3. The summed E-state index contributed by atoms with van der Waals surface area (Å²) < 4.78 is 16.0. The molecule has 0 spiro atoms. The molecule has 0 atom stereocenters. The van der Waals surface area contributed by atoms with Crippen LogP contribution in [0.15, 0.2) is 30.9 Å². The summed E-state index contributed by atoms with van der Waals surface area (Å²) in [7, 11) is 0. The summed E-state index contributed by atoms with van der Waals surface area (Å²) in [4.78, 5) is 0. The molecule has 0 unspecified atom stereocenters. The van der Waals surface area contributed by atoms with Crippen molar-refractivity contribution in [1.29, 1.82) is 0 Å². The Morgan fingerprint density at radius 2 is 2.00 bits per heavy atom. The standard InChI is InChI=1S/C13H13N3O3S/c1-7-11(9(3)19-16-7)6-20-13-15-14-12(18-13)10-4-5-17-8(10)2/h4-5H,6H2,1-3H3. The van der Waals surface area contributed by atoms with Crippen molar-refractivity contribution in [1.82, 2.24) is 15.4 Å². The summed E-state index contributed by atoms with van der Waals surface area (Å²) in [5.41, 5.74) is 2.77. The maximum Gasteiger partial charge on any atom is 0.277 e. The molecule has 0 bridgehead atoms. The second-order valence-electron chi connectivity index (χ2n) is 4.35. The van der Waals surface area contributed by atoms with E-state index in [9.17, 15) is 0 Å². The van der Waals surface area contributed by atoms with Crippen LogP contribution < -0.4 is 0 Å². The van der Waals surface area contributed by atoms with Gasteiger partial charge < -0.3 is 13.4 Å². The second kappa shape index (κ2) is 5.16. The third kappa shape index (κ3) is 2.36. The normalized spacial score (nSPS) is 11.2. The van der Waals surface area contributed by atoms with Crippen molar-refractivity contribution >= 4 is 11.8 Å². The lowest BCUT2D eigenvalue weighted by Crippen LogP contribution is -1.84. The largest absolute Gasteiger partial charge is 0.469 e. The van der Waals surface area contributed by atoms with Gasteiger partial charge in [0.1, 0.15) is 11.5 Å². The Kier molecular flexibility index (Phi) is 3.35. The second-order valence-corrected chi connectivity index (χ2v) is 5.28. The van der Waals surface area contributed by atoms with E-state index >= 15 is 0 Å². The number of hydrogen-bond acceptors (Lipinski definition) is 7. The molecule has 0 aromatic carbocycles. The third-order valence-electron chi connectivity index (χ3n) is 3.02. The zero-order chi connectivity index (χ0) is 14.1. The van der Waals surface area contributed by atoms with Gasteiger partial charge in [-0.15, -0.1) is 10.2 Å².